The van der Waals surface area contributed by atoms with E-state index in [9.17, 15) is 4.79 Å². The molecule has 0 aliphatic carbocycles. The average Bonchev–Trinajstić information content (AvgIpc) is 2.97. The Morgan fingerprint density at radius 2 is 2.39 bits per heavy atom. The van der Waals surface area contributed by atoms with Crippen LogP contribution in [-0.2, 0) is 6.54 Å². The number of nitrogens with one attached hydrogen (secondary N) is 1. The molecule has 1 aliphatic heterocycles. The molecule has 1 saturated heterocycles. The molecule has 0 spiro atoms. The Hall–Kier alpha value is -1.52. The van der Waals surface area contributed by atoms with Gasteiger partial charge < -0.3 is 14.8 Å². The van der Waals surface area contributed by atoms with Gasteiger partial charge in [-0.1, -0.05) is 6.92 Å². The summed E-state index contributed by atoms with van der Waals surface area (Å²) in [4.78, 5) is 18.0. The number of nitrogens with zero attached hydrogens (tertiary/aromatic N) is 3. The van der Waals surface area contributed by atoms with Crippen molar-refractivity contribution < 1.29 is 4.79 Å². The summed E-state index contributed by atoms with van der Waals surface area (Å²) >= 11 is 0. The molecule has 1 unspecified atom stereocenters. The van der Waals surface area contributed by atoms with Gasteiger partial charge in [-0.15, -0.1) is 0 Å². The molecule has 2 rings (SSSR count). The van der Waals surface area contributed by atoms with Crippen LogP contribution in [0.4, 0.5) is 4.79 Å². The molecule has 1 aromatic rings. The summed E-state index contributed by atoms with van der Waals surface area (Å²) in [5, 5.41) is 2.68. The van der Waals surface area contributed by atoms with Crippen molar-refractivity contribution in [1.82, 2.24) is 19.8 Å². The van der Waals surface area contributed by atoms with Gasteiger partial charge in [0.25, 0.3) is 0 Å². The summed E-state index contributed by atoms with van der Waals surface area (Å²) in [6.07, 6.45) is 4.05. The van der Waals surface area contributed by atoms with Crippen LogP contribution in [0.1, 0.15) is 37.2 Å². The molecule has 0 aromatic carbocycles. The highest BCUT2D eigenvalue weighted by molar-refractivity contribution is 5.74. The highest BCUT2D eigenvalue weighted by atomic mass is 16.2. The van der Waals surface area contributed by atoms with Gasteiger partial charge in [-0.25, -0.2) is 9.78 Å². The Labute approximate surface area is 108 Å². The van der Waals surface area contributed by atoms with Crippen molar-refractivity contribution in [3.63, 3.8) is 0 Å². The van der Waals surface area contributed by atoms with E-state index in [2.05, 4.69) is 28.7 Å². The topological polar surface area (TPSA) is 50.2 Å². The Bertz CT molecular complexity index is 427. The molecule has 100 valence electrons. The number of aryl methyl sites for hydroxylation is 1. The van der Waals surface area contributed by atoms with E-state index in [1.807, 2.05) is 11.1 Å². The Morgan fingerprint density at radius 1 is 1.61 bits per heavy atom. The third-order valence-electron chi connectivity index (χ3n) is 3.59. The molecule has 18 heavy (non-hydrogen) atoms. The van der Waals surface area contributed by atoms with E-state index >= 15 is 0 Å². The van der Waals surface area contributed by atoms with Gasteiger partial charge in [0.05, 0.1) is 0 Å². The van der Waals surface area contributed by atoms with Crippen LogP contribution in [0.5, 0.6) is 0 Å². The van der Waals surface area contributed by atoms with E-state index < -0.39 is 0 Å². The number of aromatic nitrogens is 2. The first kappa shape index (κ1) is 12.9. The molecule has 5 nitrogen and oxygen atoms in total. The van der Waals surface area contributed by atoms with Crippen molar-refractivity contribution in [3.8, 4) is 0 Å². The van der Waals surface area contributed by atoms with Crippen molar-refractivity contribution in [2.45, 2.75) is 39.2 Å². The van der Waals surface area contributed by atoms with Gasteiger partial charge in [-0.05, 0) is 19.8 Å². The molecule has 1 aliphatic rings. The van der Waals surface area contributed by atoms with Gasteiger partial charge >= 0.3 is 6.03 Å². The van der Waals surface area contributed by atoms with E-state index in [-0.39, 0.29) is 6.03 Å². The molecule has 1 atom stereocenters. The van der Waals surface area contributed by atoms with Crippen LogP contribution in [0.3, 0.4) is 0 Å². The molecular weight excluding hydrogens is 228 g/mol. The minimum atomic E-state index is 0.0165. The number of carbonyl (C=O) groups is 1. The maximum atomic E-state index is 11.6. The minimum Gasteiger partial charge on any atom is -0.341 e. The lowest BCUT2D eigenvalue weighted by Gasteiger charge is -2.16. The quantitative estimate of drug-likeness (QED) is 0.888. The van der Waals surface area contributed by atoms with Crippen LogP contribution < -0.4 is 5.32 Å². The van der Waals surface area contributed by atoms with Crippen LogP contribution in [0.15, 0.2) is 6.20 Å². The lowest BCUT2D eigenvalue weighted by molar-refractivity contribution is 0.210. The second kappa shape index (κ2) is 5.42. The van der Waals surface area contributed by atoms with Crippen molar-refractivity contribution in [3.05, 3.63) is 17.7 Å². The number of imidazole rings is 1. The number of urea groups is 1. The fourth-order valence-corrected chi connectivity index (χ4v) is 2.63. The molecule has 1 fully saturated rings. The minimum absolute atomic E-state index is 0.0165. The molecule has 0 saturated carbocycles. The normalized spacial score (nSPS) is 19.3. The first-order valence-electron chi connectivity index (χ1n) is 6.66. The van der Waals surface area contributed by atoms with E-state index in [0.717, 1.165) is 38.3 Å². The molecule has 1 N–H and O–H groups in total. The molecule has 0 radical (unpaired) electrons. The van der Waals surface area contributed by atoms with Gasteiger partial charge in [-0.3, -0.25) is 0 Å². The smallest absolute Gasteiger partial charge is 0.317 e. The number of hydrogen-bond donors (Lipinski definition) is 1. The Kier molecular flexibility index (Phi) is 3.89. The van der Waals surface area contributed by atoms with Gasteiger partial charge in [0, 0.05) is 44.5 Å². The van der Waals surface area contributed by atoms with Crippen molar-refractivity contribution in [2.24, 2.45) is 0 Å². The predicted molar refractivity (Wildman–Crippen MR) is 70.6 cm³/mol. The molecule has 0 bridgehead atoms. The number of likely N-dealkylation sites (tertiary alicyclic amines) is 1. The zero-order valence-corrected chi connectivity index (χ0v) is 11.4. The Morgan fingerprint density at radius 3 is 3.06 bits per heavy atom. The summed E-state index contributed by atoms with van der Waals surface area (Å²) in [6, 6.07) is 0.0165. The van der Waals surface area contributed by atoms with Gasteiger partial charge in [0.1, 0.15) is 5.82 Å². The van der Waals surface area contributed by atoms with Crippen LogP contribution >= 0.6 is 0 Å². The third kappa shape index (κ3) is 2.35. The van der Waals surface area contributed by atoms with Crippen LogP contribution in [0.25, 0.3) is 0 Å². The fourth-order valence-electron chi connectivity index (χ4n) is 2.63. The second-order valence-corrected chi connectivity index (χ2v) is 4.90. The molecule has 5 heteroatoms. The fraction of sp³-hybridized carbons (Fsp3) is 0.692. The monoisotopic (exact) mass is 250 g/mol. The average molecular weight is 250 g/mol. The van der Waals surface area contributed by atoms with Gasteiger partial charge in [0.2, 0.25) is 0 Å². The van der Waals surface area contributed by atoms with Crippen LogP contribution in [0, 0.1) is 6.92 Å². The maximum Gasteiger partial charge on any atom is 0.317 e. The lowest BCUT2D eigenvalue weighted by Crippen LogP contribution is -2.36. The first-order chi connectivity index (χ1) is 8.67. The summed E-state index contributed by atoms with van der Waals surface area (Å²) in [7, 11) is 1.68. The highest BCUT2D eigenvalue weighted by Crippen LogP contribution is 2.27. The van der Waals surface area contributed by atoms with E-state index in [1.165, 1.54) is 5.69 Å². The standard InChI is InChI=1S/C13H22N4O/c1-4-6-17-10(2)8-15-12(17)11-5-7-16(9-11)13(18)14-3/h8,11H,4-7,9H2,1-3H3,(H,14,18). The summed E-state index contributed by atoms with van der Waals surface area (Å²) in [5.74, 6) is 1.52. The molecule has 2 amide bonds. The SMILES string of the molecule is CCCn1c(C)cnc1C1CCN(C(=O)NC)C1. The zero-order chi connectivity index (χ0) is 13.1. The van der Waals surface area contributed by atoms with E-state index in [4.69, 9.17) is 0 Å². The van der Waals surface area contributed by atoms with Crippen LogP contribution in [0.2, 0.25) is 0 Å². The summed E-state index contributed by atoms with van der Waals surface area (Å²) < 4.78 is 2.29. The number of amides is 2. The third-order valence-corrected chi connectivity index (χ3v) is 3.59. The summed E-state index contributed by atoms with van der Waals surface area (Å²) in [5.41, 5.74) is 1.21. The molecular formula is C13H22N4O. The van der Waals surface area contributed by atoms with Crippen molar-refractivity contribution in [2.75, 3.05) is 20.1 Å². The number of rotatable bonds is 3. The predicted octanol–water partition coefficient (Wildman–Crippen LogP) is 1.73. The van der Waals surface area contributed by atoms with Gasteiger partial charge in [0.15, 0.2) is 0 Å². The van der Waals surface area contributed by atoms with Crippen molar-refractivity contribution >= 4 is 6.03 Å². The zero-order valence-electron chi connectivity index (χ0n) is 11.4. The molecule has 2 heterocycles. The lowest BCUT2D eigenvalue weighted by atomic mass is 10.1. The van der Waals surface area contributed by atoms with Crippen molar-refractivity contribution in [1.29, 1.82) is 0 Å². The molecule has 1 aromatic heterocycles. The second-order valence-electron chi connectivity index (χ2n) is 4.90. The number of hydrogen-bond acceptors (Lipinski definition) is 2. The van der Waals surface area contributed by atoms with E-state index in [0.29, 0.717) is 5.92 Å². The van der Waals surface area contributed by atoms with E-state index in [1.54, 1.807) is 7.05 Å². The number of carbonyl (C=O) groups excluding carboxylic acids is 1. The first-order valence-corrected chi connectivity index (χ1v) is 6.66. The summed E-state index contributed by atoms with van der Waals surface area (Å²) in [6.45, 7) is 6.88. The maximum absolute atomic E-state index is 11.6. The largest absolute Gasteiger partial charge is 0.341 e. The highest BCUT2D eigenvalue weighted by Gasteiger charge is 2.29. The van der Waals surface area contributed by atoms with Crippen LogP contribution in [-0.4, -0.2) is 40.6 Å². The Balaban J connectivity index is 2.11. The van der Waals surface area contributed by atoms with Gasteiger partial charge in [-0.2, -0.15) is 0 Å².